The van der Waals surface area contributed by atoms with Gasteiger partial charge in [0.1, 0.15) is 0 Å². The summed E-state index contributed by atoms with van der Waals surface area (Å²) in [5.41, 5.74) is 3.49. The number of halogens is 2. The number of nitrogens with one attached hydrogen (secondary N) is 4. The van der Waals surface area contributed by atoms with E-state index in [4.69, 9.17) is 23.2 Å². The van der Waals surface area contributed by atoms with Crippen molar-refractivity contribution < 1.29 is 4.79 Å². The Morgan fingerprint density at radius 1 is 1.26 bits per heavy atom. The molecule has 8 nitrogen and oxygen atoms in total. The second kappa shape index (κ2) is 9.37. The van der Waals surface area contributed by atoms with Crippen molar-refractivity contribution in [3.05, 3.63) is 74.3 Å². The number of aryl methyl sites for hydroxylation is 2. The topological polar surface area (TPSA) is 104 Å². The van der Waals surface area contributed by atoms with Gasteiger partial charge in [0.05, 0.1) is 38.2 Å². The molecule has 1 fully saturated rings. The lowest BCUT2D eigenvalue weighted by Crippen LogP contribution is -2.52. The van der Waals surface area contributed by atoms with Crippen molar-refractivity contribution in [2.45, 2.75) is 25.8 Å². The fourth-order valence-corrected chi connectivity index (χ4v) is 4.77. The summed E-state index contributed by atoms with van der Waals surface area (Å²) in [5, 5.41) is 11.4. The number of amides is 1. The van der Waals surface area contributed by atoms with E-state index >= 15 is 0 Å². The Bertz CT molecular complexity index is 1530. The predicted molar refractivity (Wildman–Crippen MR) is 141 cm³/mol. The third-order valence-electron chi connectivity index (χ3n) is 6.39. The Hall–Kier alpha value is -3.33. The summed E-state index contributed by atoms with van der Waals surface area (Å²) in [6, 6.07) is 8.96. The lowest BCUT2D eigenvalue weighted by atomic mass is 10.0. The number of hydrogen-bond acceptors (Lipinski definition) is 5. The predicted octanol–water partition coefficient (Wildman–Crippen LogP) is 4.31. The molecule has 1 atom stereocenters. The Labute approximate surface area is 211 Å². The van der Waals surface area contributed by atoms with Crippen LogP contribution in [0.4, 0.5) is 11.6 Å². The lowest BCUT2D eigenvalue weighted by molar-refractivity contribution is -0.123. The Morgan fingerprint density at radius 2 is 2.00 bits per heavy atom. The molecule has 0 aliphatic carbocycles. The molecule has 0 spiro atoms. The number of carbonyl (C=O) groups is 1. The quantitative estimate of drug-likeness (QED) is 0.309. The molecule has 2 aromatic heterocycles. The first-order chi connectivity index (χ1) is 16.8. The van der Waals surface area contributed by atoms with E-state index in [-0.39, 0.29) is 17.5 Å². The minimum Gasteiger partial charge on any atom is -0.332 e. The second-order valence-electron chi connectivity index (χ2n) is 8.54. The maximum atomic E-state index is 13.2. The van der Waals surface area contributed by atoms with Crippen molar-refractivity contribution in [1.82, 2.24) is 25.2 Å². The summed E-state index contributed by atoms with van der Waals surface area (Å²) < 4.78 is 1.83. The molecule has 10 heteroatoms. The number of benzene rings is 2. The number of aromatic nitrogens is 3. The normalized spacial score (nSPS) is 15.6. The highest BCUT2D eigenvalue weighted by Crippen LogP contribution is 2.34. The number of nitrogens with zero attached hydrogens (tertiary/aromatic N) is 2. The van der Waals surface area contributed by atoms with Crippen LogP contribution in [0.5, 0.6) is 0 Å². The van der Waals surface area contributed by atoms with Crippen LogP contribution in [0.3, 0.4) is 0 Å². The molecule has 35 heavy (non-hydrogen) atoms. The Kier molecular flexibility index (Phi) is 6.27. The molecule has 4 N–H and O–H groups in total. The van der Waals surface area contributed by atoms with Gasteiger partial charge in [-0.2, -0.15) is 0 Å². The Morgan fingerprint density at radius 3 is 2.69 bits per heavy atom. The largest absolute Gasteiger partial charge is 0.332 e. The first-order valence-electron chi connectivity index (χ1n) is 11.3. The smallest absolute Gasteiger partial charge is 0.258 e. The molecule has 1 aliphatic heterocycles. The van der Waals surface area contributed by atoms with Crippen LogP contribution in [0, 0.1) is 6.92 Å². The second-order valence-corrected chi connectivity index (χ2v) is 9.35. The van der Waals surface area contributed by atoms with Gasteiger partial charge in [-0.1, -0.05) is 41.4 Å². The molecule has 2 aromatic carbocycles. The van der Waals surface area contributed by atoms with Crippen molar-refractivity contribution in [2.75, 3.05) is 11.9 Å². The molecular formula is C25H24Cl2N6O2. The number of rotatable bonds is 6. The first kappa shape index (κ1) is 23.4. The van der Waals surface area contributed by atoms with Crippen molar-refractivity contribution in [1.29, 1.82) is 0 Å². The van der Waals surface area contributed by atoms with E-state index in [1.54, 1.807) is 24.4 Å². The highest BCUT2D eigenvalue weighted by molar-refractivity contribution is 6.39. The average Bonchev–Trinajstić information content (AvgIpc) is 3.11. The molecule has 0 saturated carbocycles. The Balaban J connectivity index is 1.48. The molecule has 0 radical (unpaired) electrons. The minimum atomic E-state index is -0.201. The van der Waals surface area contributed by atoms with Crippen molar-refractivity contribution in [3.63, 3.8) is 0 Å². The van der Waals surface area contributed by atoms with E-state index in [2.05, 4.69) is 25.9 Å². The third kappa shape index (κ3) is 4.29. The van der Waals surface area contributed by atoms with Crippen LogP contribution in [-0.2, 0) is 18.3 Å². The van der Waals surface area contributed by atoms with Gasteiger partial charge in [0, 0.05) is 25.4 Å². The van der Waals surface area contributed by atoms with E-state index in [0.29, 0.717) is 44.5 Å². The van der Waals surface area contributed by atoms with Gasteiger partial charge in [0.15, 0.2) is 0 Å². The number of hydrogen-bond donors (Lipinski definition) is 4. The molecule has 0 bridgehead atoms. The number of pyridine rings is 1. The van der Waals surface area contributed by atoms with Crippen LogP contribution >= 0.6 is 23.2 Å². The molecule has 3 heterocycles. The van der Waals surface area contributed by atoms with Crippen molar-refractivity contribution >= 4 is 62.6 Å². The van der Waals surface area contributed by atoms with Gasteiger partial charge in [-0.05, 0) is 49.0 Å². The van der Waals surface area contributed by atoms with E-state index in [0.717, 1.165) is 29.6 Å². The number of anilines is 2. The first-order valence-corrected chi connectivity index (χ1v) is 12.0. The van der Waals surface area contributed by atoms with Gasteiger partial charge in [-0.3, -0.25) is 9.59 Å². The van der Waals surface area contributed by atoms with Crippen molar-refractivity contribution in [3.8, 4) is 0 Å². The lowest BCUT2D eigenvalue weighted by Gasteiger charge is -2.25. The van der Waals surface area contributed by atoms with Crippen LogP contribution in [-0.4, -0.2) is 33.0 Å². The maximum absolute atomic E-state index is 13.2. The van der Waals surface area contributed by atoms with Crippen LogP contribution in [0.15, 0.2) is 47.4 Å². The van der Waals surface area contributed by atoms with Gasteiger partial charge >= 0.3 is 0 Å². The molecular weight excluding hydrogens is 487 g/mol. The maximum Gasteiger partial charge on any atom is 0.258 e. The summed E-state index contributed by atoms with van der Waals surface area (Å²) in [5.74, 6) is 0.473. The fourth-order valence-electron chi connectivity index (χ4n) is 4.28. The summed E-state index contributed by atoms with van der Waals surface area (Å²) in [6.45, 7) is 2.84. The van der Waals surface area contributed by atoms with Crippen molar-refractivity contribution in [2.24, 2.45) is 7.05 Å². The molecule has 4 aromatic rings. The molecule has 1 amide bonds. The zero-order valence-corrected chi connectivity index (χ0v) is 20.7. The highest BCUT2D eigenvalue weighted by Gasteiger charge is 2.23. The molecule has 180 valence electrons. The van der Waals surface area contributed by atoms with Gasteiger partial charge in [0.25, 0.3) is 5.56 Å². The average molecular weight is 511 g/mol. The highest BCUT2D eigenvalue weighted by atomic mass is 35.5. The molecule has 5 rings (SSSR count). The van der Waals surface area contributed by atoms with E-state index in [9.17, 15) is 9.59 Å². The minimum absolute atomic E-state index is 0.0441. The van der Waals surface area contributed by atoms with Crippen LogP contribution in [0.1, 0.15) is 17.7 Å². The number of fused-ring (bicyclic) bond motifs is 3. The molecule has 1 saturated heterocycles. The van der Waals surface area contributed by atoms with Crippen LogP contribution in [0.25, 0.3) is 21.8 Å². The number of aromatic amines is 1. The monoisotopic (exact) mass is 510 g/mol. The van der Waals surface area contributed by atoms with E-state index < -0.39 is 0 Å². The zero-order valence-electron chi connectivity index (χ0n) is 19.2. The third-order valence-corrected chi connectivity index (χ3v) is 7.02. The fraction of sp³-hybridized carbons (Fsp3) is 0.240. The van der Waals surface area contributed by atoms with Gasteiger partial charge in [-0.25, -0.2) is 4.98 Å². The summed E-state index contributed by atoms with van der Waals surface area (Å²) >= 11 is 12.6. The van der Waals surface area contributed by atoms with Gasteiger partial charge < -0.3 is 25.5 Å². The van der Waals surface area contributed by atoms with E-state index in [1.165, 1.54) is 0 Å². The standard InChI is InChI=1S/C25H24Cl2N6O2/c1-13-14-8-9-18-22(33(2)25(31-18)32-21-15(26)5-3-6-16(21)27)20(14)24(35)30-17(13)7-4-11-29-23(34)19-10-12-28-19/h3-6,8-9,11,19,28H,7,10,12H2,1-2H3,(H,29,34)(H,30,35)(H,31,32)/b11-4+. The van der Waals surface area contributed by atoms with Gasteiger partial charge in [-0.15, -0.1) is 0 Å². The summed E-state index contributed by atoms with van der Waals surface area (Å²) in [4.78, 5) is 32.8. The number of allylic oxidation sites excluding steroid dienone is 1. The van der Waals surface area contributed by atoms with Crippen LogP contribution in [0.2, 0.25) is 10.0 Å². The molecule has 1 unspecified atom stereocenters. The number of carbonyl (C=O) groups excluding carboxylic acids is 1. The summed E-state index contributed by atoms with van der Waals surface area (Å²) in [6.07, 6.45) is 4.80. The number of H-pyrrole nitrogens is 1. The zero-order chi connectivity index (χ0) is 24.7. The molecule has 1 aliphatic rings. The van der Waals surface area contributed by atoms with Crippen LogP contribution < -0.4 is 21.5 Å². The summed E-state index contributed by atoms with van der Waals surface area (Å²) in [7, 11) is 1.84. The SMILES string of the molecule is Cc1c(C/C=C/NC(=O)C2CCN2)[nH]c(=O)c2c1ccc1nc(Nc3c(Cl)cccc3Cl)n(C)c12. The number of imidazole rings is 1. The van der Waals surface area contributed by atoms with E-state index in [1.807, 2.05) is 36.7 Å². The number of para-hydroxylation sites is 1. The van der Waals surface area contributed by atoms with Gasteiger partial charge in [0.2, 0.25) is 11.9 Å².